The Balaban J connectivity index is 1.44. The van der Waals surface area contributed by atoms with E-state index in [2.05, 4.69) is 20.2 Å². The van der Waals surface area contributed by atoms with Gasteiger partial charge in [-0.3, -0.25) is 4.90 Å². The molecule has 122 valence electrons. The van der Waals surface area contributed by atoms with Crippen LogP contribution < -0.4 is 10.1 Å². The van der Waals surface area contributed by atoms with E-state index in [0.29, 0.717) is 12.6 Å². The van der Waals surface area contributed by atoms with Crippen molar-refractivity contribution in [2.75, 3.05) is 44.8 Å². The maximum atomic E-state index is 5.84. The molecule has 1 aromatic heterocycles. The molecule has 6 nitrogen and oxygen atoms in total. The summed E-state index contributed by atoms with van der Waals surface area (Å²) >= 11 is 0. The number of ether oxygens (including phenoxy) is 2. The molecule has 0 aliphatic carbocycles. The van der Waals surface area contributed by atoms with Gasteiger partial charge in [-0.2, -0.15) is 0 Å². The lowest BCUT2D eigenvalue weighted by atomic mass is 10.3. The minimum Gasteiger partial charge on any atom is -0.493 e. The average molecular weight is 314 g/mol. The molecule has 0 saturated carbocycles. The third-order valence-electron chi connectivity index (χ3n) is 3.65. The predicted octanol–water partition coefficient (Wildman–Crippen LogP) is 2.32. The Labute approximate surface area is 136 Å². The molecule has 3 rings (SSSR count). The van der Waals surface area contributed by atoms with Gasteiger partial charge in [-0.1, -0.05) is 6.07 Å². The van der Waals surface area contributed by atoms with E-state index < -0.39 is 0 Å². The Morgan fingerprint density at radius 2 is 1.96 bits per heavy atom. The van der Waals surface area contributed by atoms with Crippen molar-refractivity contribution in [1.29, 1.82) is 0 Å². The summed E-state index contributed by atoms with van der Waals surface area (Å²) in [5.41, 5.74) is 0.918. The summed E-state index contributed by atoms with van der Waals surface area (Å²) in [5.74, 6) is 1.44. The molecule has 0 amide bonds. The van der Waals surface area contributed by atoms with Crippen LogP contribution in [0.2, 0.25) is 0 Å². The highest BCUT2D eigenvalue weighted by atomic mass is 16.5. The van der Waals surface area contributed by atoms with Gasteiger partial charge in [0.05, 0.1) is 19.8 Å². The number of hydrogen-bond donors (Lipinski definition) is 1. The zero-order valence-electron chi connectivity index (χ0n) is 13.1. The van der Waals surface area contributed by atoms with Gasteiger partial charge >= 0.3 is 0 Å². The fourth-order valence-electron chi connectivity index (χ4n) is 2.46. The van der Waals surface area contributed by atoms with Gasteiger partial charge in [0.25, 0.3) is 0 Å². The minimum atomic E-state index is 0.581. The summed E-state index contributed by atoms with van der Waals surface area (Å²) in [6.45, 7) is 5.50. The van der Waals surface area contributed by atoms with Crippen LogP contribution in [0.3, 0.4) is 0 Å². The molecule has 1 aliphatic rings. The molecule has 1 aliphatic heterocycles. The van der Waals surface area contributed by atoms with E-state index in [9.17, 15) is 0 Å². The van der Waals surface area contributed by atoms with E-state index in [-0.39, 0.29) is 0 Å². The molecular formula is C17H22N4O2. The van der Waals surface area contributed by atoms with E-state index >= 15 is 0 Å². The van der Waals surface area contributed by atoms with Gasteiger partial charge in [-0.25, -0.2) is 9.97 Å². The van der Waals surface area contributed by atoms with E-state index in [4.69, 9.17) is 9.47 Å². The molecule has 0 bridgehead atoms. The number of benzene rings is 1. The number of aromatic nitrogens is 2. The standard InChI is InChI=1S/C17H22N4O2/c1-4-15(20-17-18-6-2-7-19-17)14-16(5-1)23-11-3-8-21-9-12-22-13-10-21/h1-2,4-7,14H,3,8-13H2,(H,18,19,20). The van der Waals surface area contributed by atoms with Gasteiger partial charge in [0.1, 0.15) is 5.75 Å². The molecule has 1 N–H and O–H groups in total. The smallest absolute Gasteiger partial charge is 0.227 e. The van der Waals surface area contributed by atoms with Crippen molar-refractivity contribution < 1.29 is 9.47 Å². The molecule has 1 saturated heterocycles. The van der Waals surface area contributed by atoms with Crippen LogP contribution in [0.5, 0.6) is 5.75 Å². The molecule has 0 unspecified atom stereocenters. The van der Waals surface area contributed by atoms with Crippen LogP contribution in [0.15, 0.2) is 42.7 Å². The maximum absolute atomic E-state index is 5.84. The number of nitrogens with one attached hydrogen (secondary N) is 1. The summed E-state index contributed by atoms with van der Waals surface area (Å²) in [6.07, 6.45) is 4.43. The number of hydrogen-bond acceptors (Lipinski definition) is 6. The van der Waals surface area contributed by atoms with E-state index in [0.717, 1.165) is 50.7 Å². The summed E-state index contributed by atoms with van der Waals surface area (Å²) in [4.78, 5) is 10.7. The Bertz CT molecular complexity index is 588. The molecule has 0 spiro atoms. The second-order valence-electron chi connectivity index (χ2n) is 5.38. The monoisotopic (exact) mass is 314 g/mol. The van der Waals surface area contributed by atoms with Crippen LogP contribution in [0.25, 0.3) is 0 Å². The first-order valence-corrected chi connectivity index (χ1v) is 7.97. The molecular weight excluding hydrogens is 292 g/mol. The van der Waals surface area contributed by atoms with Crippen LogP contribution in [0.1, 0.15) is 6.42 Å². The zero-order valence-corrected chi connectivity index (χ0v) is 13.1. The minimum absolute atomic E-state index is 0.581. The lowest BCUT2D eigenvalue weighted by Gasteiger charge is -2.26. The highest BCUT2D eigenvalue weighted by Crippen LogP contribution is 2.19. The molecule has 1 fully saturated rings. The van der Waals surface area contributed by atoms with Crippen molar-refractivity contribution in [3.8, 4) is 5.75 Å². The topological polar surface area (TPSA) is 59.5 Å². The van der Waals surface area contributed by atoms with E-state index in [1.165, 1.54) is 0 Å². The highest BCUT2D eigenvalue weighted by Gasteiger charge is 2.09. The van der Waals surface area contributed by atoms with Crippen molar-refractivity contribution in [2.24, 2.45) is 0 Å². The van der Waals surface area contributed by atoms with Crippen LogP contribution in [0, 0.1) is 0 Å². The van der Waals surface area contributed by atoms with Gasteiger partial charge < -0.3 is 14.8 Å². The SMILES string of the molecule is c1cnc(Nc2cccc(OCCCN3CCOCC3)c2)nc1. The largest absolute Gasteiger partial charge is 0.493 e. The molecule has 6 heteroatoms. The van der Waals surface area contributed by atoms with Crippen molar-refractivity contribution in [1.82, 2.24) is 14.9 Å². The van der Waals surface area contributed by atoms with Gasteiger partial charge in [0.15, 0.2) is 0 Å². The average Bonchev–Trinajstić information content (AvgIpc) is 2.61. The van der Waals surface area contributed by atoms with Crippen LogP contribution in [-0.4, -0.2) is 54.3 Å². The Morgan fingerprint density at radius 3 is 2.78 bits per heavy atom. The molecule has 0 radical (unpaired) electrons. The van der Waals surface area contributed by atoms with Crippen LogP contribution in [-0.2, 0) is 4.74 Å². The van der Waals surface area contributed by atoms with Gasteiger partial charge in [-0.05, 0) is 24.6 Å². The summed E-state index contributed by atoms with van der Waals surface area (Å²) in [7, 11) is 0. The van der Waals surface area contributed by atoms with Gasteiger partial charge in [0, 0.05) is 43.8 Å². The van der Waals surface area contributed by atoms with Crippen molar-refractivity contribution in [3.05, 3.63) is 42.7 Å². The molecule has 23 heavy (non-hydrogen) atoms. The summed E-state index contributed by atoms with van der Waals surface area (Å²) in [5, 5.41) is 3.16. The fraction of sp³-hybridized carbons (Fsp3) is 0.412. The van der Waals surface area contributed by atoms with E-state index in [1.54, 1.807) is 18.5 Å². The number of nitrogens with zero attached hydrogens (tertiary/aromatic N) is 3. The summed E-state index contributed by atoms with van der Waals surface area (Å²) < 4.78 is 11.2. The number of anilines is 2. The number of morpholine rings is 1. The molecule has 2 heterocycles. The zero-order chi connectivity index (χ0) is 15.7. The Hall–Kier alpha value is -2.18. The van der Waals surface area contributed by atoms with Crippen molar-refractivity contribution >= 4 is 11.6 Å². The lowest BCUT2D eigenvalue weighted by Crippen LogP contribution is -2.37. The maximum Gasteiger partial charge on any atom is 0.227 e. The lowest BCUT2D eigenvalue weighted by molar-refractivity contribution is 0.0358. The first kappa shape index (κ1) is 15.7. The second kappa shape index (κ2) is 8.45. The second-order valence-corrected chi connectivity index (χ2v) is 5.38. The third-order valence-corrected chi connectivity index (χ3v) is 3.65. The van der Waals surface area contributed by atoms with E-state index in [1.807, 2.05) is 24.3 Å². The third kappa shape index (κ3) is 5.19. The van der Waals surface area contributed by atoms with Crippen molar-refractivity contribution in [2.45, 2.75) is 6.42 Å². The first-order valence-electron chi connectivity index (χ1n) is 7.97. The van der Waals surface area contributed by atoms with Gasteiger partial charge in [0.2, 0.25) is 5.95 Å². The highest BCUT2D eigenvalue weighted by molar-refractivity contribution is 5.55. The fourth-order valence-corrected chi connectivity index (χ4v) is 2.46. The normalized spacial score (nSPS) is 15.3. The van der Waals surface area contributed by atoms with Crippen molar-refractivity contribution in [3.63, 3.8) is 0 Å². The molecule has 1 aromatic carbocycles. The first-order chi connectivity index (χ1) is 11.4. The van der Waals surface area contributed by atoms with Crippen LogP contribution in [0.4, 0.5) is 11.6 Å². The molecule has 2 aromatic rings. The number of rotatable bonds is 7. The predicted molar refractivity (Wildman–Crippen MR) is 89.1 cm³/mol. The molecule has 0 atom stereocenters. The Kier molecular flexibility index (Phi) is 5.77. The quantitative estimate of drug-likeness (QED) is 0.792. The van der Waals surface area contributed by atoms with Gasteiger partial charge in [-0.15, -0.1) is 0 Å². The Morgan fingerprint density at radius 1 is 1.13 bits per heavy atom. The van der Waals surface area contributed by atoms with Crippen LogP contribution >= 0.6 is 0 Å². The summed E-state index contributed by atoms with van der Waals surface area (Å²) in [6, 6.07) is 9.65.